The second-order valence-electron chi connectivity index (χ2n) is 4.42. The van der Waals surface area contributed by atoms with Crippen molar-refractivity contribution < 1.29 is 14.4 Å². The highest BCUT2D eigenvalue weighted by Gasteiger charge is 2.43. The summed E-state index contributed by atoms with van der Waals surface area (Å²) in [6, 6.07) is 3.13. The van der Waals surface area contributed by atoms with Crippen LogP contribution in [0.5, 0.6) is 0 Å². The number of pyridine rings is 1. The van der Waals surface area contributed by atoms with Gasteiger partial charge in [-0.05, 0) is 12.1 Å². The minimum atomic E-state index is -0.203. The topological polar surface area (TPSA) is 70.6 Å². The number of hydrogen-bond donors (Lipinski definition) is 0. The number of rotatable bonds is 2. The third-order valence-electron chi connectivity index (χ3n) is 3.23. The van der Waals surface area contributed by atoms with Crippen molar-refractivity contribution in [1.82, 2.24) is 14.8 Å². The van der Waals surface area contributed by atoms with Crippen molar-refractivity contribution in [2.75, 3.05) is 18.8 Å². The van der Waals surface area contributed by atoms with E-state index in [4.69, 9.17) is 0 Å². The lowest BCUT2D eigenvalue weighted by atomic mass is 10.1. The molecule has 2 aliphatic heterocycles. The van der Waals surface area contributed by atoms with Crippen molar-refractivity contribution in [3.63, 3.8) is 0 Å². The fourth-order valence-corrected chi connectivity index (χ4v) is 2.95. The average Bonchev–Trinajstić information content (AvgIpc) is 2.70. The number of amides is 3. The molecule has 2 saturated heterocycles. The van der Waals surface area contributed by atoms with Crippen LogP contribution in [0.4, 0.5) is 4.79 Å². The van der Waals surface area contributed by atoms with Crippen LogP contribution in [0.3, 0.4) is 0 Å². The van der Waals surface area contributed by atoms with E-state index >= 15 is 0 Å². The molecular weight excluding hydrogens is 266 g/mol. The van der Waals surface area contributed by atoms with E-state index in [1.165, 1.54) is 4.90 Å². The van der Waals surface area contributed by atoms with Gasteiger partial charge in [0.25, 0.3) is 11.1 Å². The molecule has 98 valence electrons. The number of imide groups is 1. The number of carbonyl (C=O) groups excluding carboxylic acids is 3. The van der Waals surface area contributed by atoms with Gasteiger partial charge >= 0.3 is 0 Å². The summed E-state index contributed by atoms with van der Waals surface area (Å²) in [4.78, 5) is 41.9. The van der Waals surface area contributed by atoms with Gasteiger partial charge in [0.2, 0.25) is 5.91 Å². The summed E-state index contributed by atoms with van der Waals surface area (Å²) in [5.41, 5.74) is 0.571. The van der Waals surface area contributed by atoms with Crippen molar-refractivity contribution in [2.45, 2.75) is 6.04 Å². The third-order valence-corrected chi connectivity index (χ3v) is 4.06. The molecule has 6 nitrogen and oxygen atoms in total. The van der Waals surface area contributed by atoms with Crippen LogP contribution in [0.2, 0.25) is 0 Å². The maximum Gasteiger partial charge on any atom is 0.289 e. The van der Waals surface area contributed by atoms with Crippen molar-refractivity contribution in [3.8, 4) is 0 Å². The monoisotopic (exact) mass is 277 g/mol. The molecule has 7 heteroatoms. The smallest absolute Gasteiger partial charge is 0.289 e. The summed E-state index contributed by atoms with van der Waals surface area (Å²) < 4.78 is 0. The average molecular weight is 277 g/mol. The van der Waals surface area contributed by atoms with E-state index in [2.05, 4.69) is 4.98 Å². The molecule has 0 aliphatic carbocycles. The highest BCUT2D eigenvalue weighted by molar-refractivity contribution is 8.14. The fourth-order valence-electron chi connectivity index (χ4n) is 2.18. The van der Waals surface area contributed by atoms with Crippen molar-refractivity contribution in [3.05, 3.63) is 30.1 Å². The zero-order valence-corrected chi connectivity index (χ0v) is 10.8. The SMILES string of the molecule is O=C(c1ccncc1)N1CC(N2C(=O)CSC2=O)C1. The van der Waals surface area contributed by atoms with Gasteiger partial charge in [-0.3, -0.25) is 24.3 Å². The van der Waals surface area contributed by atoms with Crippen LogP contribution in [0.1, 0.15) is 10.4 Å². The van der Waals surface area contributed by atoms with Crippen LogP contribution in [0.15, 0.2) is 24.5 Å². The molecule has 2 fully saturated rings. The van der Waals surface area contributed by atoms with Gasteiger partial charge in [-0.1, -0.05) is 11.8 Å². The number of carbonyl (C=O) groups is 3. The Morgan fingerprint density at radius 3 is 2.53 bits per heavy atom. The molecule has 3 heterocycles. The predicted octanol–water partition coefficient (Wildman–Crippen LogP) is 0.601. The molecule has 3 amide bonds. The minimum absolute atomic E-state index is 0.0922. The van der Waals surface area contributed by atoms with Gasteiger partial charge in [0.15, 0.2) is 0 Å². The first-order valence-corrected chi connectivity index (χ1v) is 6.83. The second-order valence-corrected chi connectivity index (χ2v) is 5.34. The molecule has 0 saturated carbocycles. The Hall–Kier alpha value is -1.89. The summed E-state index contributed by atoms with van der Waals surface area (Å²) in [6.45, 7) is 0.832. The van der Waals surface area contributed by atoms with Gasteiger partial charge < -0.3 is 4.90 Å². The Kier molecular flexibility index (Phi) is 2.98. The summed E-state index contributed by atoms with van der Waals surface area (Å²) >= 11 is 1.02. The van der Waals surface area contributed by atoms with Gasteiger partial charge in [-0.2, -0.15) is 0 Å². The molecule has 0 bridgehead atoms. The van der Waals surface area contributed by atoms with Gasteiger partial charge in [0, 0.05) is 31.0 Å². The summed E-state index contributed by atoms with van der Waals surface area (Å²) in [5.74, 6) is -0.0328. The minimum Gasteiger partial charge on any atom is -0.334 e. The third kappa shape index (κ3) is 2.10. The van der Waals surface area contributed by atoms with E-state index in [9.17, 15) is 14.4 Å². The standard InChI is InChI=1S/C12H11N3O3S/c16-10-7-19-12(18)15(10)9-5-14(6-9)11(17)8-1-3-13-4-2-8/h1-4,9H,5-7H2. The Morgan fingerprint density at radius 2 is 1.95 bits per heavy atom. The Balaban J connectivity index is 1.63. The number of nitrogens with zero attached hydrogens (tertiary/aromatic N) is 3. The van der Waals surface area contributed by atoms with E-state index in [1.807, 2.05) is 0 Å². The first kappa shape index (κ1) is 12.2. The van der Waals surface area contributed by atoms with E-state index < -0.39 is 0 Å². The predicted molar refractivity (Wildman–Crippen MR) is 68.6 cm³/mol. The molecule has 0 radical (unpaired) electrons. The Bertz CT molecular complexity index is 526. The van der Waals surface area contributed by atoms with Gasteiger partial charge in [0.1, 0.15) is 0 Å². The van der Waals surface area contributed by atoms with Crippen LogP contribution >= 0.6 is 11.8 Å². The number of likely N-dealkylation sites (tertiary alicyclic amines) is 1. The van der Waals surface area contributed by atoms with Crippen molar-refractivity contribution >= 4 is 28.8 Å². The Morgan fingerprint density at radius 1 is 1.26 bits per heavy atom. The highest BCUT2D eigenvalue weighted by atomic mass is 32.2. The maximum atomic E-state index is 12.1. The molecule has 3 rings (SSSR count). The van der Waals surface area contributed by atoms with Crippen LogP contribution in [-0.4, -0.2) is 56.7 Å². The number of aromatic nitrogens is 1. The quantitative estimate of drug-likeness (QED) is 0.791. The lowest BCUT2D eigenvalue weighted by molar-refractivity contribution is -0.128. The van der Waals surface area contributed by atoms with Gasteiger partial charge in [-0.15, -0.1) is 0 Å². The zero-order chi connectivity index (χ0) is 13.4. The van der Waals surface area contributed by atoms with Crippen LogP contribution in [-0.2, 0) is 4.79 Å². The second kappa shape index (κ2) is 4.65. The zero-order valence-electron chi connectivity index (χ0n) is 9.98. The highest BCUT2D eigenvalue weighted by Crippen LogP contribution is 2.26. The van der Waals surface area contributed by atoms with Crippen LogP contribution in [0, 0.1) is 0 Å². The lowest BCUT2D eigenvalue weighted by Gasteiger charge is -2.42. The number of thioether (sulfide) groups is 1. The van der Waals surface area contributed by atoms with E-state index in [0.717, 1.165) is 11.8 Å². The van der Waals surface area contributed by atoms with E-state index in [0.29, 0.717) is 18.7 Å². The van der Waals surface area contributed by atoms with Gasteiger partial charge in [0.05, 0.1) is 11.8 Å². The molecule has 0 atom stereocenters. The maximum absolute atomic E-state index is 12.1. The molecule has 0 aromatic carbocycles. The summed E-state index contributed by atoms with van der Waals surface area (Å²) in [6.07, 6.45) is 3.13. The molecule has 0 unspecified atom stereocenters. The molecule has 19 heavy (non-hydrogen) atoms. The molecule has 0 N–H and O–H groups in total. The van der Waals surface area contributed by atoms with Crippen LogP contribution < -0.4 is 0 Å². The first-order valence-electron chi connectivity index (χ1n) is 5.85. The Labute approximate surface area is 113 Å². The molecule has 1 aromatic rings. The summed E-state index contributed by atoms with van der Waals surface area (Å²) in [7, 11) is 0. The molecule has 0 spiro atoms. The van der Waals surface area contributed by atoms with Crippen LogP contribution in [0.25, 0.3) is 0 Å². The van der Waals surface area contributed by atoms with Crippen molar-refractivity contribution in [2.24, 2.45) is 0 Å². The largest absolute Gasteiger partial charge is 0.334 e. The fraction of sp³-hybridized carbons (Fsp3) is 0.333. The van der Waals surface area contributed by atoms with E-state index in [-0.39, 0.29) is 28.8 Å². The molecular formula is C12H11N3O3S. The number of hydrogen-bond acceptors (Lipinski definition) is 5. The lowest BCUT2D eigenvalue weighted by Crippen LogP contribution is -2.62. The first-order chi connectivity index (χ1) is 9.16. The molecule has 2 aliphatic rings. The molecule has 1 aromatic heterocycles. The van der Waals surface area contributed by atoms with E-state index in [1.54, 1.807) is 29.4 Å². The summed E-state index contributed by atoms with van der Waals surface area (Å²) in [5, 5.41) is -0.203. The van der Waals surface area contributed by atoms with Crippen molar-refractivity contribution in [1.29, 1.82) is 0 Å². The normalized spacial score (nSPS) is 19.8. The van der Waals surface area contributed by atoms with Gasteiger partial charge in [-0.25, -0.2) is 0 Å².